The first-order chi connectivity index (χ1) is 19.0. The first kappa shape index (κ1) is 29.4. The number of hydrogen-bond acceptors (Lipinski definition) is 6. The Morgan fingerprint density at radius 1 is 0.850 bits per heavy atom. The van der Waals surface area contributed by atoms with Gasteiger partial charge in [0.15, 0.2) is 6.21 Å². The Bertz CT molecular complexity index is 1630. The number of ether oxygens (including phenoxy) is 1. The molecule has 0 bridgehead atoms. The Morgan fingerprint density at radius 3 is 2.00 bits per heavy atom. The predicted octanol–water partition coefficient (Wildman–Crippen LogP) is 4.30. The van der Waals surface area contributed by atoms with Gasteiger partial charge in [-0.15, -0.1) is 0 Å². The lowest BCUT2D eigenvalue weighted by Crippen LogP contribution is -2.36. The summed E-state index contributed by atoms with van der Waals surface area (Å²) < 4.78 is 62.2. The molecule has 3 aromatic carbocycles. The Kier molecular flexibility index (Phi) is 9.02. The molecule has 1 aliphatic rings. The highest BCUT2D eigenvalue weighted by Crippen LogP contribution is 2.34. The second kappa shape index (κ2) is 12.3. The van der Waals surface area contributed by atoms with E-state index in [9.17, 15) is 21.6 Å². The van der Waals surface area contributed by atoms with E-state index in [0.29, 0.717) is 0 Å². The summed E-state index contributed by atoms with van der Waals surface area (Å²) in [5.74, 6) is -1.61. The van der Waals surface area contributed by atoms with E-state index in [4.69, 9.17) is 4.74 Å². The molecule has 40 heavy (non-hydrogen) atoms. The van der Waals surface area contributed by atoms with Crippen molar-refractivity contribution in [2.45, 2.75) is 42.9 Å². The van der Waals surface area contributed by atoms with Gasteiger partial charge in [-0.05, 0) is 57.0 Å². The van der Waals surface area contributed by atoms with Crippen molar-refractivity contribution in [3.8, 4) is 0 Å². The van der Waals surface area contributed by atoms with Crippen LogP contribution in [0.1, 0.15) is 36.0 Å². The number of esters is 1. The summed E-state index contributed by atoms with van der Waals surface area (Å²) in [6.07, 6.45) is 3.38. The molecule has 3 aromatic rings. The number of rotatable bonds is 10. The van der Waals surface area contributed by atoms with Gasteiger partial charge in [-0.25, -0.2) is 17.9 Å². The summed E-state index contributed by atoms with van der Waals surface area (Å²) in [5.41, 5.74) is 2.60. The molecule has 0 saturated carbocycles. The number of hydrogen-bond donors (Lipinski definition) is 1. The summed E-state index contributed by atoms with van der Waals surface area (Å²) >= 11 is 0. The largest absolute Gasteiger partial charge is 0.458 e. The molecule has 0 fully saturated rings. The normalized spacial score (nSPS) is 17.6. The lowest BCUT2D eigenvalue weighted by molar-refractivity contribution is -0.307. The van der Waals surface area contributed by atoms with Crippen LogP contribution in [0.4, 0.5) is 0 Å². The highest BCUT2D eigenvalue weighted by atomic mass is 32.2. The topological polar surface area (TPSA) is 110 Å². The van der Waals surface area contributed by atoms with Crippen LogP contribution in [0.3, 0.4) is 0 Å². The van der Waals surface area contributed by atoms with Gasteiger partial charge in [-0.2, -0.15) is 8.42 Å². The SMILES string of the molecule is CCOC(=O)C1=C[C@H](c2ccccc2)C(CCNS(=O)(=O)c2ccc(C)cc2)C=[N+]1S(=O)(=O)c1ccc(C)cc1. The molecule has 0 saturated heterocycles. The van der Waals surface area contributed by atoms with Crippen LogP contribution in [-0.2, 0) is 29.6 Å². The van der Waals surface area contributed by atoms with Gasteiger partial charge in [-0.3, -0.25) is 0 Å². The number of sulfonamides is 2. The van der Waals surface area contributed by atoms with Crippen molar-refractivity contribution in [1.29, 1.82) is 0 Å². The molecular formula is C30H33N2O6S2+. The van der Waals surface area contributed by atoms with E-state index in [1.165, 1.54) is 18.3 Å². The summed E-state index contributed by atoms with van der Waals surface area (Å²) in [4.78, 5) is 13.2. The van der Waals surface area contributed by atoms with Gasteiger partial charge in [0, 0.05) is 24.5 Å². The number of carbonyl (C=O) groups is 1. The second-order valence-electron chi connectivity index (χ2n) is 9.64. The van der Waals surface area contributed by atoms with Gasteiger partial charge in [-0.1, -0.05) is 69.7 Å². The zero-order chi connectivity index (χ0) is 28.9. The van der Waals surface area contributed by atoms with Gasteiger partial charge >= 0.3 is 21.7 Å². The second-order valence-corrected chi connectivity index (χ2v) is 13.2. The standard InChI is InChI=1S/C30H33N2O6S2/c1-4-38-30(33)29-20-28(24-8-6-5-7-9-24)25(18-19-31-39(34,35)26-14-10-22(2)11-15-26)21-32(29)40(36,37)27-16-12-23(3)13-17-27/h5-17,20-21,25,28,31H,4,18-19H2,1-3H3/q+1/t25?,28-/m1/s1. The van der Waals surface area contributed by atoms with E-state index >= 15 is 0 Å². The van der Waals surface area contributed by atoms with Gasteiger partial charge in [0.2, 0.25) is 10.0 Å². The van der Waals surface area contributed by atoms with Crippen LogP contribution >= 0.6 is 0 Å². The van der Waals surface area contributed by atoms with Gasteiger partial charge < -0.3 is 4.74 Å². The summed E-state index contributed by atoms with van der Waals surface area (Å²) in [6.45, 7) is 5.52. The molecule has 8 nitrogen and oxygen atoms in total. The Labute approximate surface area is 236 Å². The fraction of sp³-hybridized carbons (Fsp3) is 0.267. The van der Waals surface area contributed by atoms with E-state index < -0.39 is 37.9 Å². The zero-order valence-corrected chi connectivity index (χ0v) is 24.3. The third-order valence-corrected chi connectivity index (χ3v) is 9.89. The molecule has 1 heterocycles. The maximum atomic E-state index is 13.8. The third-order valence-electron chi connectivity index (χ3n) is 6.71. The zero-order valence-electron chi connectivity index (χ0n) is 22.6. The van der Waals surface area contributed by atoms with Crippen molar-refractivity contribution in [2.24, 2.45) is 5.92 Å². The van der Waals surface area contributed by atoms with Crippen molar-refractivity contribution in [1.82, 2.24) is 4.72 Å². The molecule has 0 aromatic heterocycles. The third kappa shape index (κ3) is 6.57. The predicted molar refractivity (Wildman–Crippen MR) is 153 cm³/mol. The van der Waals surface area contributed by atoms with Crippen LogP contribution in [-0.4, -0.2) is 46.2 Å². The number of aryl methyl sites for hydroxylation is 2. The number of nitrogens with zero attached hydrogens (tertiary/aromatic N) is 1. The minimum atomic E-state index is -4.16. The minimum Gasteiger partial charge on any atom is -0.458 e. The molecule has 4 rings (SSSR count). The van der Waals surface area contributed by atoms with Crippen molar-refractivity contribution >= 4 is 32.2 Å². The molecule has 210 valence electrons. The number of benzene rings is 3. The van der Waals surface area contributed by atoms with E-state index in [0.717, 1.165) is 20.7 Å². The fourth-order valence-corrected chi connectivity index (χ4v) is 7.01. The maximum absolute atomic E-state index is 13.8. The maximum Gasteiger partial charge on any atom is 0.404 e. The van der Waals surface area contributed by atoms with Gasteiger partial charge in [0.1, 0.15) is 4.90 Å². The van der Waals surface area contributed by atoms with Crippen LogP contribution in [0, 0.1) is 19.8 Å². The summed E-state index contributed by atoms with van der Waals surface area (Å²) in [6, 6.07) is 22.3. The van der Waals surface area contributed by atoms with Crippen LogP contribution < -0.4 is 4.72 Å². The molecule has 0 amide bonds. The molecule has 2 atom stereocenters. The first-order valence-corrected chi connectivity index (χ1v) is 15.9. The lowest BCUT2D eigenvalue weighted by Gasteiger charge is -2.25. The van der Waals surface area contributed by atoms with E-state index in [2.05, 4.69) is 4.72 Å². The minimum absolute atomic E-state index is 0.0292. The highest BCUT2D eigenvalue weighted by Gasteiger charge is 2.43. The lowest BCUT2D eigenvalue weighted by atomic mass is 9.82. The van der Waals surface area contributed by atoms with Gasteiger partial charge in [0.05, 0.1) is 11.5 Å². The smallest absolute Gasteiger partial charge is 0.404 e. The van der Waals surface area contributed by atoms with Crippen LogP contribution in [0.25, 0.3) is 0 Å². The van der Waals surface area contributed by atoms with Crippen molar-refractivity contribution in [2.75, 3.05) is 13.2 Å². The van der Waals surface area contributed by atoms with Crippen molar-refractivity contribution in [3.63, 3.8) is 0 Å². The van der Waals surface area contributed by atoms with Crippen molar-refractivity contribution < 1.29 is 30.3 Å². The van der Waals surface area contributed by atoms with E-state index in [-0.39, 0.29) is 35.1 Å². The van der Waals surface area contributed by atoms with Crippen LogP contribution in [0.2, 0.25) is 0 Å². The first-order valence-electron chi connectivity index (χ1n) is 13.0. The molecular weight excluding hydrogens is 548 g/mol. The van der Waals surface area contributed by atoms with Crippen LogP contribution in [0.15, 0.2) is 100 Å². The molecule has 1 N–H and O–H groups in total. The number of allylic oxidation sites excluding steroid dienone is 1. The van der Waals surface area contributed by atoms with Crippen LogP contribution in [0.5, 0.6) is 0 Å². The summed E-state index contributed by atoms with van der Waals surface area (Å²) in [5, 5.41) is 0. The van der Waals surface area contributed by atoms with Gasteiger partial charge in [0.25, 0.3) is 0 Å². The van der Waals surface area contributed by atoms with E-state index in [1.54, 1.807) is 49.4 Å². The Morgan fingerprint density at radius 2 is 1.43 bits per heavy atom. The Balaban J connectivity index is 1.72. The number of nitrogens with one attached hydrogen (secondary N) is 1. The molecule has 0 spiro atoms. The molecule has 0 aliphatic carbocycles. The molecule has 0 radical (unpaired) electrons. The molecule has 1 unspecified atom stereocenters. The number of carbonyl (C=O) groups excluding carboxylic acids is 1. The molecule has 1 aliphatic heterocycles. The fourth-order valence-electron chi connectivity index (χ4n) is 4.54. The monoisotopic (exact) mass is 581 g/mol. The molecule has 10 heteroatoms. The van der Waals surface area contributed by atoms with Crippen molar-refractivity contribution in [3.05, 3.63) is 107 Å². The highest BCUT2D eigenvalue weighted by molar-refractivity contribution is 7.89. The average Bonchev–Trinajstić information content (AvgIpc) is 2.94. The quantitative estimate of drug-likeness (QED) is 0.282. The van der Waals surface area contributed by atoms with E-state index in [1.807, 2.05) is 44.2 Å². The average molecular weight is 582 g/mol. The Hall–Kier alpha value is -3.60. The summed E-state index contributed by atoms with van der Waals surface area (Å²) in [7, 11) is -7.93.